The Morgan fingerprint density at radius 3 is 2.55 bits per heavy atom. The molecule has 5 nitrogen and oxygen atoms in total. The largest absolute Gasteiger partial charge is 0.373 e. The molecule has 5 heteroatoms. The first-order valence-corrected chi connectivity index (χ1v) is 7.78. The zero-order valence-electron chi connectivity index (χ0n) is 12.5. The van der Waals surface area contributed by atoms with Gasteiger partial charge in [-0.3, -0.25) is 0 Å². The molecule has 2 aliphatic rings. The van der Waals surface area contributed by atoms with Crippen molar-refractivity contribution in [1.29, 1.82) is 0 Å². The summed E-state index contributed by atoms with van der Waals surface area (Å²) in [5.41, 5.74) is 5.85. The van der Waals surface area contributed by atoms with E-state index in [9.17, 15) is 0 Å². The van der Waals surface area contributed by atoms with Crippen LogP contribution in [0.4, 0.5) is 0 Å². The third-order valence-corrected chi connectivity index (χ3v) is 4.91. The van der Waals surface area contributed by atoms with Crippen LogP contribution in [0.5, 0.6) is 0 Å². The topological polar surface area (TPSA) is 74.2 Å². The van der Waals surface area contributed by atoms with Crippen molar-refractivity contribution in [3.8, 4) is 0 Å². The highest BCUT2D eigenvalue weighted by Gasteiger charge is 2.44. The van der Waals surface area contributed by atoms with Gasteiger partial charge in [0.1, 0.15) is 6.10 Å². The predicted octanol–water partition coefficient (Wildman–Crippen LogP) is 2.92. The first kappa shape index (κ1) is 14.0. The van der Waals surface area contributed by atoms with Gasteiger partial charge in [0.2, 0.25) is 11.7 Å². The molecule has 0 spiro atoms. The highest BCUT2D eigenvalue weighted by Crippen LogP contribution is 2.44. The van der Waals surface area contributed by atoms with Gasteiger partial charge in [-0.2, -0.15) is 4.98 Å². The fraction of sp³-hybridized carbons (Fsp3) is 0.867. The number of methoxy groups -OCH3 is 1. The Morgan fingerprint density at radius 2 is 1.95 bits per heavy atom. The van der Waals surface area contributed by atoms with Crippen LogP contribution in [0.25, 0.3) is 0 Å². The Kier molecular flexibility index (Phi) is 3.82. The lowest BCUT2D eigenvalue weighted by Crippen LogP contribution is -2.35. The Bertz CT molecular complexity index is 448. The molecule has 0 amide bonds. The quantitative estimate of drug-likeness (QED) is 0.897. The van der Waals surface area contributed by atoms with E-state index >= 15 is 0 Å². The van der Waals surface area contributed by atoms with Crippen molar-refractivity contribution >= 4 is 0 Å². The molecule has 3 rings (SSSR count). The molecule has 112 valence electrons. The lowest BCUT2D eigenvalue weighted by atomic mass is 9.85. The van der Waals surface area contributed by atoms with Gasteiger partial charge in [0, 0.05) is 7.11 Å². The van der Waals surface area contributed by atoms with E-state index in [-0.39, 0.29) is 6.10 Å². The van der Waals surface area contributed by atoms with Gasteiger partial charge >= 0.3 is 0 Å². The molecular weight excluding hydrogens is 254 g/mol. The molecule has 0 bridgehead atoms. The smallest absolute Gasteiger partial charge is 0.246 e. The molecule has 2 N–H and O–H groups in total. The fourth-order valence-electron chi connectivity index (χ4n) is 3.37. The number of ether oxygens (including phenoxy) is 1. The van der Waals surface area contributed by atoms with E-state index in [1.54, 1.807) is 7.11 Å². The van der Waals surface area contributed by atoms with Crippen LogP contribution in [-0.2, 0) is 10.3 Å². The minimum atomic E-state index is -0.490. The molecular formula is C15H25N3O2. The maximum absolute atomic E-state index is 6.34. The second kappa shape index (κ2) is 5.45. The third-order valence-electron chi connectivity index (χ3n) is 4.91. The average Bonchev–Trinajstić information content (AvgIpc) is 3.21. The lowest BCUT2D eigenvalue weighted by molar-refractivity contribution is 0.0273. The van der Waals surface area contributed by atoms with Crippen LogP contribution in [0.3, 0.4) is 0 Å². The molecule has 0 aromatic carbocycles. The van der Waals surface area contributed by atoms with E-state index in [0.717, 1.165) is 12.8 Å². The number of rotatable bonds is 5. The van der Waals surface area contributed by atoms with Crippen LogP contribution < -0.4 is 5.73 Å². The third kappa shape index (κ3) is 2.61. The summed E-state index contributed by atoms with van der Waals surface area (Å²) in [6, 6.07) is 0. The Morgan fingerprint density at radius 1 is 1.25 bits per heavy atom. The van der Waals surface area contributed by atoms with Crippen LogP contribution in [0.2, 0.25) is 0 Å². The van der Waals surface area contributed by atoms with E-state index in [1.807, 2.05) is 6.92 Å². The zero-order chi connectivity index (χ0) is 14.2. The fourth-order valence-corrected chi connectivity index (χ4v) is 3.37. The monoisotopic (exact) mass is 279 g/mol. The van der Waals surface area contributed by atoms with Crippen LogP contribution in [0.1, 0.15) is 69.7 Å². The second-order valence-corrected chi connectivity index (χ2v) is 6.57. The summed E-state index contributed by atoms with van der Waals surface area (Å²) in [4.78, 5) is 4.56. The van der Waals surface area contributed by atoms with Crippen molar-refractivity contribution in [3.63, 3.8) is 0 Å². The Hall–Kier alpha value is -0.940. The lowest BCUT2D eigenvalue weighted by Gasteiger charge is -2.27. The Labute approximate surface area is 120 Å². The number of hydrogen-bond donors (Lipinski definition) is 1. The molecule has 2 atom stereocenters. The molecule has 1 heterocycles. The molecule has 2 aliphatic carbocycles. The van der Waals surface area contributed by atoms with Gasteiger partial charge in [0.15, 0.2) is 0 Å². The summed E-state index contributed by atoms with van der Waals surface area (Å²) in [5.74, 6) is 2.22. The van der Waals surface area contributed by atoms with Crippen molar-refractivity contribution in [1.82, 2.24) is 10.1 Å². The maximum atomic E-state index is 6.34. The van der Waals surface area contributed by atoms with E-state index in [0.29, 0.717) is 23.6 Å². The predicted molar refractivity (Wildman–Crippen MR) is 74.9 cm³/mol. The van der Waals surface area contributed by atoms with Gasteiger partial charge in [-0.15, -0.1) is 0 Å². The average molecular weight is 279 g/mol. The van der Waals surface area contributed by atoms with Crippen molar-refractivity contribution in [3.05, 3.63) is 11.7 Å². The zero-order valence-corrected chi connectivity index (χ0v) is 12.5. The van der Waals surface area contributed by atoms with Crippen LogP contribution in [0.15, 0.2) is 4.52 Å². The molecule has 0 radical (unpaired) electrons. The van der Waals surface area contributed by atoms with Gasteiger partial charge in [-0.1, -0.05) is 24.4 Å². The van der Waals surface area contributed by atoms with Crippen molar-refractivity contribution < 1.29 is 9.26 Å². The minimum Gasteiger partial charge on any atom is -0.373 e. The van der Waals surface area contributed by atoms with Crippen molar-refractivity contribution in [2.75, 3.05) is 7.11 Å². The van der Waals surface area contributed by atoms with Gasteiger partial charge in [-0.05, 0) is 44.4 Å². The standard InChI is InChI=1S/C15H25N3O2/c1-15(16,11-8-9-11)14-17-13(18-20-14)12(19-2)10-6-4-3-5-7-10/h10-12H,3-9,16H2,1-2H3. The molecule has 1 aromatic rings. The molecule has 2 unspecified atom stereocenters. The summed E-state index contributed by atoms with van der Waals surface area (Å²) in [6.45, 7) is 1.99. The molecule has 0 saturated heterocycles. The normalized spacial score (nSPS) is 25.4. The molecule has 1 aromatic heterocycles. The van der Waals surface area contributed by atoms with Crippen LogP contribution in [0, 0.1) is 11.8 Å². The van der Waals surface area contributed by atoms with Crippen LogP contribution >= 0.6 is 0 Å². The van der Waals surface area contributed by atoms with E-state index < -0.39 is 5.54 Å². The Balaban J connectivity index is 1.76. The van der Waals surface area contributed by atoms with Gasteiger partial charge < -0.3 is 15.0 Å². The summed E-state index contributed by atoms with van der Waals surface area (Å²) < 4.78 is 11.1. The number of hydrogen-bond acceptors (Lipinski definition) is 5. The maximum Gasteiger partial charge on any atom is 0.246 e. The van der Waals surface area contributed by atoms with Crippen LogP contribution in [-0.4, -0.2) is 17.3 Å². The van der Waals surface area contributed by atoms with Gasteiger partial charge in [0.05, 0.1) is 5.54 Å². The van der Waals surface area contributed by atoms with Crippen molar-refractivity contribution in [2.24, 2.45) is 17.6 Å². The summed E-state index contributed by atoms with van der Waals surface area (Å²) in [6.07, 6.45) is 8.49. The highest BCUT2D eigenvalue weighted by molar-refractivity contribution is 5.08. The number of nitrogens with two attached hydrogens (primary N) is 1. The summed E-state index contributed by atoms with van der Waals surface area (Å²) >= 11 is 0. The van der Waals surface area contributed by atoms with E-state index in [2.05, 4.69) is 10.1 Å². The molecule has 20 heavy (non-hydrogen) atoms. The first-order chi connectivity index (χ1) is 9.63. The second-order valence-electron chi connectivity index (χ2n) is 6.57. The minimum absolute atomic E-state index is 0.0530. The van der Waals surface area contributed by atoms with E-state index in [4.69, 9.17) is 15.0 Å². The van der Waals surface area contributed by atoms with E-state index in [1.165, 1.54) is 32.1 Å². The molecule has 2 fully saturated rings. The number of aromatic nitrogens is 2. The molecule has 2 saturated carbocycles. The summed E-state index contributed by atoms with van der Waals surface area (Å²) in [7, 11) is 1.73. The van der Waals surface area contributed by atoms with Crippen molar-refractivity contribution in [2.45, 2.75) is 63.5 Å². The number of nitrogens with zero attached hydrogens (tertiary/aromatic N) is 2. The first-order valence-electron chi connectivity index (χ1n) is 7.78. The molecule has 0 aliphatic heterocycles. The van der Waals surface area contributed by atoms with Gasteiger partial charge in [0.25, 0.3) is 0 Å². The SMILES string of the molecule is COC(c1noc(C(C)(N)C2CC2)n1)C1CCCCC1. The highest BCUT2D eigenvalue weighted by atomic mass is 16.5. The summed E-state index contributed by atoms with van der Waals surface area (Å²) in [5, 5.41) is 4.15. The van der Waals surface area contributed by atoms with Gasteiger partial charge in [-0.25, -0.2) is 0 Å².